The molecule has 0 aliphatic carbocycles. The number of carbonyl (C=O) groups is 5. The number of carboxylic acid groups (broad SMARTS) is 1. The van der Waals surface area contributed by atoms with E-state index >= 15 is 0 Å². The maximum atomic E-state index is 13.3. The van der Waals surface area contributed by atoms with E-state index < -0.39 is 52.6 Å². The Kier molecular flexibility index (Phi) is 10.3. The topological polar surface area (TPSA) is 188 Å². The second-order valence-corrected chi connectivity index (χ2v) is 10.1. The van der Waals surface area contributed by atoms with Crippen molar-refractivity contribution in [2.24, 2.45) is 5.92 Å². The molecular formula is C28H33N5O8. The number of nitrogens with one attached hydrogen (secondary N) is 3. The van der Waals surface area contributed by atoms with Gasteiger partial charge in [0.15, 0.2) is 0 Å². The van der Waals surface area contributed by atoms with Gasteiger partial charge in [0, 0.05) is 32.1 Å². The van der Waals surface area contributed by atoms with Crippen LogP contribution in [0.3, 0.4) is 0 Å². The van der Waals surface area contributed by atoms with Gasteiger partial charge in [-0.1, -0.05) is 44.2 Å². The van der Waals surface area contributed by atoms with Gasteiger partial charge in [0.25, 0.3) is 17.5 Å². The number of fused-ring (bicyclic) bond motifs is 1. The average Bonchev–Trinajstić information content (AvgIpc) is 3.17. The van der Waals surface area contributed by atoms with Gasteiger partial charge >= 0.3 is 5.97 Å². The summed E-state index contributed by atoms with van der Waals surface area (Å²) in [6, 6.07) is 9.21. The minimum absolute atomic E-state index is 0.00356. The smallest absolute Gasteiger partial charge is 0.320 e. The van der Waals surface area contributed by atoms with E-state index in [1.54, 1.807) is 0 Å². The van der Waals surface area contributed by atoms with Crippen molar-refractivity contribution in [2.75, 3.05) is 13.6 Å². The number of nitrogens with zero attached hydrogens (tertiary/aromatic N) is 2. The van der Waals surface area contributed by atoms with E-state index in [9.17, 15) is 39.2 Å². The van der Waals surface area contributed by atoms with Crippen LogP contribution in [-0.2, 0) is 20.8 Å². The Hall–Kier alpha value is -4.65. The Morgan fingerprint density at radius 1 is 0.951 bits per heavy atom. The number of carboxylic acids is 1. The molecule has 3 atom stereocenters. The molecule has 0 saturated heterocycles. The van der Waals surface area contributed by atoms with Crippen molar-refractivity contribution in [1.82, 2.24) is 20.9 Å². The first-order chi connectivity index (χ1) is 19.4. The number of likely N-dealkylation sites (N-methyl/N-ethyl adjacent to an activating group) is 1. The van der Waals surface area contributed by atoms with Gasteiger partial charge in [-0.05, 0) is 30.4 Å². The molecule has 13 nitrogen and oxygen atoms in total. The van der Waals surface area contributed by atoms with E-state index in [1.165, 1.54) is 13.1 Å². The fourth-order valence-electron chi connectivity index (χ4n) is 4.60. The molecular weight excluding hydrogens is 534 g/mol. The van der Waals surface area contributed by atoms with Gasteiger partial charge in [0.2, 0.25) is 11.8 Å². The van der Waals surface area contributed by atoms with Crippen LogP contribution in [-0.4, -0.2) is 76.2 Å². The van der Waals surface area contributed by atoms with E-state index in [-0.39, 0.29) is 48.5 Å². The number of amides is 4. The van der Waals surface area contributed by atoms with E-state index in [2.05, 4.69) is 16.0 Å². The van der Waals surface area contributed by atoms with Crippen LogP contribution in [0, 0.1) is 16.0 Å². The monoisotopic (exact) mass is 567 g/mol. The molecule has 1 unspecified atom stereocenters. The Morgan fingerprint density at radius 2 is 1.61 bits per heavy atom. The van der Waals surface area contributed by atoms with E-state index in [4.69, 9.17) is 0 Å². The van der Waals surface area contributed by atoms with Crippen LogP contribution in [0.2, 0.25) is 0 Å². The molecule has 0 saturated carbocycles. The van der Waals surface area contributed by atoms with Gasteiger partial charge in [-0.15, -0.1) is 0 Å². The van der Waals surface area contributed by atoms with Crippen molar-refractivity contribution < 1.29 is 34.0 Å². The molecule has 2 aromatic rings. The second-order valence-electron chi connectivity index (χ2n) is 10.1. The molecule has 1 heterocycles. The number of imide groups is 1. The largest absolute Gasteiger partial charge is 0.480 e. The standard InChI is InChI=1S/C28H33N5O8/c1-16(2)13-22(25(35)31-23(24(34)29-3)14-17-7-5-4-6-8-17)30-21(28(38)39)11-12-32-26(36)19-10-9-18(33(40)41)15-20(19)27(32)37/h4-10,15-16,21-23,30H,11-14H2,1-3H3,(H,29,34)(H,31,35)(H,38,39)/t21?,22-,23-/m0/s1. The summed E-state index contributed by atoms with van der Waals surface area (Å²) in [5.41, 5.74) is 0.349. The zero-order valence-corrected chi connectivity index (χ0v) is 23.0. The highest BCUT2D eigenvalue weighted by Gasteiger charge is 2.38. The van der Waals surface area contributed by atoms with Crippen LogP contribution < -0.4 is 16.0 Å². The average molecular weight is 568 g/mol. The first kappa shape index (κ1) is 30.9. The number of nitro groups is 1. The molecule has 218 valence electrons. The molecule has 0 bridgehead atoms. The Bertz CT molecular complexity index is 1330. The Labute approximate surface area is 236 Å². The van der Waals surface area contributed by atoms with Crippen molar-refractivity contribution in [3.63, 3.8) is 0 Å². The fraction of sp³-hybridized carbons (Fsp3) is 0.393. The minimum Gasteiger partial charge on any atom is -0.480 e. The van der Waals surface area contributed by atoms with E-state index in [0.29, 0.717) is 0 Å². The summed E-state index contributed by atoms with van der Waals surface area (Å²) in [6.07, 6.45) is 0.243. The summed E-state index contributed by atoms with van der Waals surface area (Å²) < 4.78 is 0. The van der Waals surface area contributed by atoms with E-state index in [0.717, 1.165) is 22.6 Å². The van der Waals surface area contributed by atoms with Crippen molar-refractivity contribution in [1.29, 1.82) is 0 Å². The minimum atomic E-state index is -1.32. The van der Waals surface area contributed by atoms with Crippen molar-refractivity contribution >= 4 is 35.3 Å². The number of rotatable bonds is 14. The summed E-state index contributed by atoms with van der Waals surface area (Å²) in [4.78, 5) is 74.9. The van der Waals surface area contributed by atoms with Crippen LogP contribution in [0.4, 0.5) is 5.69 Å². The first-order valence-electron chi connectivity index (χ1n) is 13.1. The lowest BCUT2D eigenvalue weighted by atomic mass is 10.00. The molecule has 4 N–H and O–H groups in total. The number of nitro benzene ring substituents is 1. The summed E-state index contributed by atoms with van der Waals surface area (Å²) in [5, 5.41) is 29.1. The molecule has 1 aliphatic rings. The maximum absolute atomic E-state index is 13.3. The number of hydrogen-bond donors (Lipinski definition) is 4. The number of hydrogen-bond acceptors (Lipinski definition) is 8. The zero-order chi connectivity index (χ0) is 30.3. The fourth-order valence-corrected chi connectivity index (χ4v) is 4.60. The molecule has 4 amide bonds. The Morgan fingerprint density at radius 3 is 2.20 bits per heavy atom. The number of aliphatic carboxylic acids is 1. The van der Waals surface area contributed by atoms with Gasteiger partial charge < -0.3 is 15.7 Å². The summed E-state index contributed by atoms with van der Waals surface area (Å²) in [7, 11) is 1.45. The molecule has 0 fully saturated rings. The normalized spacial score (nSPS) is 14.8. The molecule has 2 aromatic carbocycles. The molecule has 13 heteroatoms. The third-order valence-corrected chi connectivity index (χ3v) is 6.69. The van der Waals surface area contributed by atoms with Gasteiger partial charge in [0.1, 0.15) is 12.1 Å². The quantitative estimate of drug-likeness (QED) is 0.149. The maximum Gasteiger partial charge on any atom is 0.320 e. The Balaban J connectivity index is 1.73. The molecule has 41 heavy (non-hydrogen) atoms. The number of benzene rings is 2. The predicted octanol–water partition coefficient (Wildman–Crippen LogP) is 1.51. The zero-order valence-electron chi connectivity index (χ0n) is 23.0. The van der Waals surface area contributed by atoms with Crippen molar-refractivity contribution in [3.8, 4) is 0 Å². The van der Waals surface area contributed by atoms with E-state index in [1.807, 2.05) is 44.2 Å². The highest BCUT2D eigenvalue weighted by Crippen LogP contribution is 2.27. The third kappa shape index (κ3) is 7.72. The van der Waals surface area contributed by atoms with Crippen LogP contribution >= 0.6 is 0 Å². The molecule has 0 radical (unpaired) electrons. The van der Waals surface area contributed by atoms with Crippen molar-refractivity contribution in [2.45, 2.75) is 51.2 Å². The summed E-state index contributed by atoms with van der Waals surface area (Å²) in [5.74, 6) is -3.75. The molecule has 0 spiro atoms. The highest BCUT2D eigenvalue weighted by molar-refractivity contribution is 6.21. The highest BCUT2D eigenvalue weighted by atomic mass is 16.6. The summed E-state index contributed by atoms with van der Waals surface area (Å²) in [6.45, 7) is 3.42. The van der Waals surface area contributed by atoms with Gasteiger partial charge in [-0.2, -0.15) is 0 Å². The number of carbonyl (C=O) groups excluding carboxylic acids is 4. The van der Waals surface area contributed by atoms with Crippen LogP contribution in [0.25, 0.3) is 0 Å². The molecule has 1 aliphatic heterocycles. The predicted molar refractivity (Wildman–Crippen MR) is 147 cm³/mol. The first-order valence-corrected chi connectivity index (χ1v) is 13.1. The van der Waals surface area contributed by atoms with Crippen LogP contribution in [0.5, 0.6) is 0 Å². The number of non-ortho nitro benzene ring substituents is 1. The van der Waals surface area contributed by atoms with Crippen LogP contribution in [0.1, 0.15) is 53.0 Å². The summed E-state index contributed by atoms with van der Waals surface area (Å²) >= 11 is 0. The van der Waals surface area contributed by atoms with Gasteiger partial charge in [-0.3, -0.25) is 44.3 Å². The second kappa shape index (κ2) is 13.6. The lowest BCUT2D eigenvalue weighted by Gasteiger charge is -2.27. The van der Waals surface area contributed by atoms with Gasteiger partial charge in [-0.25, -0.2) is 0 Å². The van der Waals surface area contributed by atoms with Crippen LogP contribution in [0.15, 0.2) is 48.5 Å². The SMILES string of the molecule is CNC(=O)[C@H](Cc1ccccc1)NC(=O)[C@H](CC(C)C)NC(CCN1C(=O)c2ccc([N+](=O)[O-])cc2C1=O)C(=O)O. The lowest BCUT2D eigenvalue weighted by Crippen LogP contribution is -2.56. The molecule has 0 aromatic heterocycles. The van der Waals surface area contributed by atoms with Gasteiger partial charge in [0.05, 0.1) is 22.1 Å². The van der Waals surface area contributed by atoms with Crippen molar-refractivity contribution in [3.05, 3.63) is 75.3 Å². The lowest BCUT2D eigenvalue weighted by molar-refractivity contribution is -0.384. The molecule has 3 rings (SSSR count). The third-order valence-electron chi connectivity index (χ3n) is 6.69.